The monoisotopic (exact) mass is 574 g/mol. The van der Waals surface area contributed by atoms with Crippen molar-refractivity contribution in [2.75, 3.05) is 13.1 Å². The fourth-order valence-corrected chi connectivity index (χ4v) is 6.26. The van der Waals surface area contributed by atoms with Gasteiger partial charge in [0.25, 0.3) is 0 Å². The molecular weight excluding hydrogens is 494 g/mol. The summed E-state index contributed by atoms with van der Waals surface area (Å²) in [5, 5.41) is 3.64. The fraction of sp³-hybridized carbons (Fsp3) is 0.900. The molecule has 0 aromatic heterocycles. The highest BCUT2D eigenvalue weighted by atomic mass is 14.8. The summed E-state index contributed by atoms with van der Waals surface area (Å²) in [6.07, 6.45) is 27.0. The zero-order chi connectivity index (χ0) is 30.9. The normalized spacial score (nSPS) is 14.9. The zero-order valence-electron chi connectivity index (χ0n) is 29.9. The molecular formula is C40H79N. The van der Waals surface area contributed by atoms with Gasteiger partial charge in [-0.05, 0) is 87.1 Å². The first-order valence-corrected chi connectivity index (χ1v) is 18.5. The number of nitrogens with one attached hydrogen (secondary N) is 1. The molecule has 1 heteroatoms. The second-order valence-corrected chi connectivity index (χ2v) is 15.5. The molecule has 0 rings (SSSR count). The van der Waals surface area contributed by atoms with Crippen LogP contribution in [0.2, 0.25) is 0 Å². The predicted molar refractivity (Wildman–Crippen MR) is 190 cm³/mol. The van der Waals surface area contributed by atoms with Crippen LogP contribution in [0.3, 0.4) is 0 Å². The van der Waals surface area contributed by atoms with E-state index in [1.807, 2.05) is 0 Å². The molecule has 0 aliphatic carbocycles. The first-order valence-electron chi connectivity index (χ1n) is 18.5. The second-order valence-electron chi connectivity index (χ2n) is 15.5. The summed E-state index contributed by atoms with van der Waals surface area (Å²) < 4.78 is 0. The van der Waals surface area contributed by atoms with Crippen molar-refractivity contribution in [2.45, 2.75) is 184 Å². The van der Waals surface area contributed by atoms with Gasteiger partial charge in [0.2, 0.25) is 0 Å². The van der Waals surface area contributed by atoms with E-state index in [0.29, 0.717) is 0 Å². The van der Waals surface area contributed by atoms with Crippen LogP contribution in [0.15, 0.2) is 24.3 Å². The van der Waals surface area contributed by atoms with Crippen LogP contribution in [0.1, 0.15) is 184 Å². The number of rotatable bonds is 30. The molecule has 41 heavy (non-hydrogen) atoms. The molecule has 0 aromatic rings. The van der Waals surface area contributed by atoms with Crippen LogP contribution in [-0.2, 0) is 0 Å². The van der Waals surface area contributed by atoms with Crippen molar-refractivity contribution in [1.29, 1.82) is 0 Å². The Labute approximate surface area is 261 Å². The molecule has 1 N–H and O–H groups in total. The molecule has 0 heterocycles. The van der Waals surface area contributed by atoms with E-state index in [4.69, 9.17) is 0 Å². The highest BCUT2D eigenvalue weighted by Gasteiger charge is 2.08. The lowest BCUT2D eigenvalue weighted by atomic mass is 9.91. The smallest absolute Gasteiger partial charge is 0.00116 e. The molecule has 0 spiro atoms. The predicted octanol–water partition coefficient (Wildman–Crippen LogP) is 13.3. The molecule has 4 atom stereocenters. The summed E-state index contributed by atoms with van der Waals surface area (Å²) in [6, 6.07) is 0. The zero-order valence-corrected chi connectivity index (χ0v) is 29.9. The summed E-state index contributed by atoms with van der Waals surface area (Å²) in [5.41, 5.74) is 2.86. The highest BCUT2D eigenvalue weighted by molar-refractivity contribution is 4.96. The Balaban J connectivity index is 3.62. The standard InChI is InChI=1S/C40H79N/c1-33(2)17-11-19-35(5)21-13-23-37(7)25-15-27-39(9)29-31-41-32-30-40(10)28-16-26-38(8)24-14-22-36(6)20-12-18-34(3)4/h33-38,41H,9-32H2,1-8H3. The Morgan fingerprint density at radius 2 is 0.659 bits per heavy atom. The van der Waals surface area contributed by atoms with Gasteiger partial charge >= 0.3 is 0 Å². The van der Waals surface area contributed by atoms with Crippen LogP contribution in [-0.4, -0.2) is 13.1 Å². The molecule has 0 saturated carbocycles. The summed E-state index contributed by atoms with van der Waals surface area (Å²) in [4.78, 5) is 0. The molecule has 0 aliphatic rings. The quantitative estimate of drug-likeness (QED) is 0.0665. The van der Waals surface area contributed by atoms with Gasteiger partial charge in [0, 0.05) is 0 Å². The van der Waals surface area contributed by atoms with Crippen molar-refractivity contribution in [2.24, 2.45) is 35.5 Å². The van der Waals surface area contributed by atoms with Gasteiger partial charge < -0.3 is 5.32 Å². The average Bonchev–Trinajstić information content (AvgIpc) is 2.88. The molecule has 4 unspecified atom stereocenters. The maximum Gasteiger partial charge on any atom is -0.00116 e. The van der Waals surface area contributed by atoms with Gasteiger partial charge in [-0.25, -0.2) is 0 Å². The van der Waals surface area contributed by atoms with Crippen LogP contribution in [0, 0.1) is 35.5 Å². The van der Waals surface area contributed by atoms with Gasteiger partial charge in [-0.1, -0.05) is 170 Å². The lowest BCUT2D eigenvalue weighted by molar-refractivity contribution is 0.388. The van der Waals surface area contributed by atoms with Crippen LogP contribution < -0.4 is 5.32 Å². The van der Waals surface area contributed by atoms with Gasteiger partial charge in [0.1, 0.15) is 0 Å². The largest absolute Gasteiger partial charge is 0.316 e. The van der Waals surface area contributed by atoms with Crippen LogP contribution in [0.4, 0.5) is 0 Å². The van der Waals surface area contributed by atoms with E-state index in [0.717, 1.165) is 61.4 Å². The molecule has 0 bridgehead atoms. The Bertz CT molecular complexity index is 550. The maximum absolute atomic E-state index is 4.36. The van der Waals surface area contributed by atoms with Gasteiger partial charge in [-0.15, -0.1) is 0 Å². The van der Waals surface area contributed by atoms with E-state index in [-0.39, 0.29) is 0 Å². The Morgan fingerprint density at radius 3 is 0.951 bits per heavy atom. The third-order valence-electron chi connectivity index (χ3n) is 9.51. The maximum atomic E-state index is 4.36. The summed E-state index contributed by atoms with van der Waals surface area (Å²) >= 11 is 0. The van der Waals surface area contributed by atoms with E-state index in [1.54, 1.807) is 0 Å². The van der Waals surface area contributed by atoms with Gasteiger partial charge in [-0.2, -0.15) is 0 Å². The van der Waals surface area contributed by atoms with Crippen molar-refractivity contribution < 1.29 is 0 Å². The molecule has 0 saturated heterocycles. The third kappa shape index (κ3) is 29.3. The minimum atomic E-state index is 0.861. The number of hydrogen-bond donors (Lipinski definition) is 1. The summed E-state index contributed by atoms with van der Waals surface area (Å²) in [5.74, 6) is 5.27. The molecule has 244 valence electrons. The molecule has 0 aliphatic heterocycles. The summed E-state index contributed by atoms with van der Waals surface area (Å²) in [6.45, 7) is 30.1. The van der Waals surface area contributed by atoms with Crippen LogP contribution >= 0.6 is 0 Å². The van der Waals surface area contributed by atoms with Crippen molar-refractivity contribution in [3.63, 3.8) is 0 Å². The van der Waals surface area contributed by atoms with Crippen LogP contribution in [0.5, 0.6) is 0 Å². The van der Waals surface area contributed by atoms with Gasteiger partial charge in [0.15, 0.2) is 0 Å². The lowest BCUT2D eigenvalue weighted by Gasteiger charge is -2.15. The van der Waals surface area contributed by atoms with Crippen molar-refractivity contribution in [3.05, 3.63) is 24.3 Å². The molecule has 0 fully saturated rings. The van der Waals surface area contributed by atoms with E-state index < -0.39 is 0 Å². The molecule has 0 radical (unpaired) electrons. The Kier molecular flexibility index (Phi) is 26.7. The minimum absolute atomic E-state index is 0.861. The summed E-state index contributed by atoms with van der Waals surface area (Å²) in [7, 11) is 0. The molecule has 0 amide bonds. The molecule has 1 nitrogen and oxygen atoms in total. The first-order chi connectivity index (χ1) is 19.5. The Morgan fingerprint density at radius 1 is 0.390 bits per heavy atom. The first kappa shape index (κ1) is 40.4. The minimum Gasteiger partial charge on any atom is -0.316 e. The lowest BCUT2D eigenvalue weighted by Crippen LogP contribution is -2.17. The fourth-order valence-electron chi connectivity index (χ4n) is 6.26. The average molecular weight is 574 g/mol. The van der Waals surface area contributed by atoms with Crippen molar-refractivity contribution >= 4 is 0 Å². The molecule has 0 aromatic carbocycles. The van der Waals surface area contributed by atoms with E-state index in [2.05, 4.69) is 73.9 Å². The highest BCUT2D eigenvalue weighted by Crippen LogP contribution is 2.23. The topological polar surface area (TPSA) is 12.0 Å². The Hall–Kier alpha value is -0.560. The van der Waals surface area contributed by atoms with E-state index in [9.17, 15) is 0 Å². The van der Waals surface area contributed by atoms with Crippen molar-refractivity contribution in [1.82, 2.24) is 5.32 Å². The van der Waals surface area contributed by atoms with E-state index in [1.165, 1.54) is 127 Å². The van der Waals surface area contributed by atoms with E-state index >= 15 is 0 Å². The van der Waals surface area contributed by atoms with Gasteiger partial charge in [-0.3, -0.25) is 0 Å². The van der Waals surface area contributed by atoms with Gasteiger partial charge in [0.05, 0.1) is 0 Å². The van der Waals surface area contributed by atoms with Crippen molar-refractivity contribution in [3.8, 4) is 0 Å². The number of hydrogen-bond acceptors (Lipinski definition) is 1. The third-order valence-corrected chi connectivity index (χ3v) is 9.51. The second kappa shape index (κ2) is 27.0. The SMILES string of the molecule is C=C(CCCC(C)CCCC(C)CCCC(C)C)CCNCCC(=C)CCCC(C)CCCC(C)CCCC(C)C. The van der Waals surface area contributed by atoms with Crippen LogP contribution in [0.25, 0.3) is 0 Å².